The molecule has 0 fully saturated rings. The monoisotopic (exact) mass is 392 g/mol. The van der Waals surface area contributed by atoms with E-state index in [1.54, 1.807) is 13.8 Å². The van der Waals surface area contributed by atoms with Crippen molar-refractivity contribution < 1.29 is 24.4 Å². The Bertz CT molecular complexity index is 621. The Balaban J connectivity index is 2.93. The van der Waals surface area contributed by atoms with Gasteiger partial charge in [0.25, 0.3) is 11.6 Å². The maximum atomic E-state index is 11.7. The number of nitrogens with one attached hydrogen (secondary N) is 1. The smallest absolute Gasteiger partial charge is 0.308 e. The van der Waals surface area contributed by atoms with Gasteiger partial charge in [-0.15, -0.1) is 0 Å². The molecule has 0 heterocycles. The lowest BCUT2D eigenvalue weighted by Crippen LogP contribution is -2.45. The average Bonchev–Trinajstić information content (AvgIpc) is 2.57. The Hall–Kier alpha value is -1.90. The number of carbonyl (C=O) groups is 2. The lowest BCUT2D eigenvalue weighted by atomic mass is 10.0. The second-order valence-electron chi connectivity index (χ2n) is 5.49. The van der Waals surface area contributed by atoms with Crippen LogP contribution in [0.1, 0.15) is 25.5 Å². The van der Waals surface area contributed by atoms with E-state index in [0.29, 0.717) is 0 Å². The molecule has 0 radical (unpaired) electrons. The van der Waals surface area contributed by atoms with E-state index >= 15 is 0 Å². The minimum absolute atomic E-state index is 0.149. The first kappa shape index (κ1) is 21.1. The van der Waals surface area contributed by atoms with Gasteiger partial charge in [0.15, 0.2) is 4.84 Å². The minimum atomic E-state index is -1.37. The van der Waals surface area contributed by atoms with E-state index < -0.39 is 33.8 Å². The molecule has 1 amide bonds. The number of aliphatic hydroxyl groups excluding tert-OH is 1. The quantitative estimate of drug-likeness (QED) is 0.302. The van der Waals surface area contributed by atoms with Crippen molar-refractivity contribution in [2.24, 2.45) is 5.92 Å². The summed E-state index contributed by atoms with van der Waals surface area (Å²) in [5.41, 5.74) is 0.140. The number of aliphatic hydroxyl groups is 1. The second-order valence-corrected chi connectivity index (χ2v) is 6.59. The van der Waals surface area contributed by atoms with Crippen LogP contribution in [0.4, 0.5) is 5.69 Å². The van der Waals surface area contributed by atoms with E-state index in [9.17, 15) is 24.8 Å². The zero-order valence-corrected chi connectivity index (χ0v) is 15.0. The standard InChI is InChI=1S/C15H18Cl2N2O6/c1-8(2)15(22)25-7-11(18-14(21)13(16)17)12(20)9-3-5-10(6-4-9)19(23)24/h3-6,8,11-13,20H,7H2,1-2H3,(H,18,21)/t11-,12-/m1/s1. The minimum Gasteiger partial charge on any atom is -0.463 e. The van der Waals surface area contributed by atoms with E-state index in [4.69, 9.17) is 27.9 Å². The zero-order valence-electron chi connectivity index (χ0n) is 13.5. The number of amides is 1. The molecule has 0 spiro atoms. The molecule has 10 heteroatoms. The first-order valence-corrected chi connectivity index (χ1v) is 8.18. The third kappa shape index (κ3) is 6.49. The second kappa shape index (κ2) is 9.55. The Morgan fingerprint density at radius 1 is 1.28 bits per heavy atom. The van der Waals surface area contributed by atoms with Crippen molar-refractivity contribution in [1.29, 1.82) is 0 Å². The van der Waals surface area contributed by atoms with Gasteiger partial charge < -0.3 is 15.2 Å². The summed E-state index contributed by atoms with van der Waals surface area (Å²) in [6.45, 7) is 2.95. The lowest BCUT2D eigenvalue weighted by molar-refractivity contribution is -0.384. The summed E-state index contributed by atoms with van der Waals surface area (Å²) < 4.78 is 5.04. The van der Waals surface area contributed by atoms with Crippen LogP contribution in [-0.2, 0) is 14.3 Å². The fourth-order valence-corrected chi connectivity index (χ4v) is 1.95. The molecule has 0 bridgehead atoms. The number of halogens is 2. The molecule has 1 aromatic rings. The Morgan fingerprint density at radius 3 is 2.28 bits per heavy atom. The first-order valence-electron chi connectivity index (χ1n) is 7.31. The number of benzene rings is 1. The summed E-state index contributed by atoms with van der Waals surface area (Å²) in [6, 6.07) is 4.07. The van der Waals surface area contributed by atoms with Crippen LogP contribution in [0.2, 0.25) is 0 Å². The normalized spacial score (nSPS) is 13.4. The summed E-state index contributed by atoms with van der Waals surface area (Å²) in [5.74, 6) is -1.67. The molecule has 1 aromatic carbocycles. The van der Waals surface area contributed by atoms with Gasteiger partial charge in [0, 0.05) is 12.1 Å². The van der Waals surface area contributed by atoms with Crippen molar-refractivity contribution in [2.75, 3.05) is 6.61 Å². The van der Waals surface area contributed by atoms with Crippen molar-refractivity contribution in [3.8, 4) is 0 Å². The van der Waals surface area contributed by atoms with Crippen LogP contribution in [0.25, 0.3) is 0 Å². The van der Waals surface area contributed by atoms with E-state index in [-0.39, 0.29) is 23.8 Å². The largest absolute Gasteiger partial charge is 0.463 e. The summed E-state index contributed by atoms with van der Waals surface area (Å²) in [4.78, 5) is 32.0. The Kier molecular flexibility index (Phi) is 8.08. The van der Waals surface area contributed by atoms with E-state index in [1.165, 1.54) is 24.3 Å². The molecule has 1 rings (SSSR count). The van der Waals surface area contributed by atoms with Gasteiger partial charge in [0.2, 0.25) is 0 Å². The third-order valence-corrected chi connectivity index (χ3v) is 3.63. The molecule has 138 valence electrons. The molecule has 0 aliphatic heterocycles. The van der Waals surface area contributed by atoms with Gasteiger partial charge in [-0.3, -0.25) is 19.7 Å². The highest BCUT2D eigenvalue weighted by molar-refractivity contribution is 6.53. The van der Waals surface area contributed by atoms with E-state index in [1.807, 2.05) is 0 Å². The number of carbonyl (C=O) groups excluding carboxylic acids is 2. The number of hydrogen-bond acceptors (Lipinski definition) is 6. The van der Waals surface area contributed by atoms with Gasteiger partial charge in [0.05, 0.1) is 16.9 Å². The maximum Gasteiger partial charge on any atom is 0.308 e. The van der Waals surface area contributed by atoms with Gasteiger partial charge in [-0.05, 0) is 17.7 Å². The highest BCUT2D eigenvalue weighted by Gasteiger charge is 2.27. The zero-order chi connectivity index (χ0) is 19.1. The average molecular weight is 393 g/mol. The highest BCUT2D eigenvalue weighted by atomic mass is 35.5. The van der Waals surface area contributed by atoms with Crippen molar-refractivity contribution in [3.05, 3.63) is 39.9 Å². The molecular formula is C15H18Cl2N2O6. The predicted octanol–water partition coefficient (Wildman–Crippen LogP) is 2.12. The molecule has 0 unspecified atom stereocenters. The van der Waals surface area contributed by atoms with E-state index in [2.05, 4.69) is 5.32 Å². The molecule has 2 N–H and O–H groups in total. The van der Waals surface area contributed by atoms with Gasteiger partial charge >= 0.3 is 5.97 Å². The molecule has 0 saturated heterocycles. The van der Waals surface area contributed by atoms with Crippen molar-refractivity contribution in [1.82, 2.24) is 5.32 Å². The summed E-state index contributed by atoms with van der Waals surface area (Å²) >= 11 is 11.0. The molecule has 0 aromatic heterocycles. The van der Waals surface area contributed by atoms with Crippen LogP contribution in [0.5, 0.6) is 0 Å². The number of esters is 1. The fourth-order valence-electron chi connectivity index (χ4n) is 1.82. The fraction of sp³-hybridized carbons (Fsp3) is 0.467. The lowest BCUT2D eigenvalue weighted by Gasteiger charge is -2.25. The number of nitro benzene ring substituents is 1. The topological polar surface area (TPSA) is 119 Å². The summed E-state index contributed by atoms with van der Waals surface area (Å²) in [7, 11) is 0. The number of hydrogen-bond donors (Lipinski definition) is 2. The number of ether oxygens (including phenoxy) is 1. The highest BCUT2D eigenvalue weighted by Crippen LogP contribution is 2.21. The van der Waals surface area contributed by atoms with Crippen LogP contribution in [0.15, 0.2) is 24.3 Å². The molecular weight excluding hydrogens is 375 g/mol. The van der Waals surface area contributed by atoms with Crippen molar-refractivity contribution >= 4 is 40.8 Å². The van der Waals surface area contributed by atoms with Crippen molar-refractivity contribution in [2.45, 2.75) is 30.8 Å². The summed E-state index contributed by atoms with van der Waals surface area (Å²) in [5, 5.41) is 23.5. The van der Waals surface area contributed by atoms with Crippen LogP contribution in [-0.4, -0.2) is 39.4 Å². The number of alkyl halides is 2. The predicted molar refractivity (Wildman–Crippen MR) is 91.3 cm³/mol. The van der Waals surface area contributed by atoms with Crippen LogP contribution < -0.4 is 5.32 Å². The van der Waals surface area contributed by atoms with Gasteiger partial charge in [0.1, 0.15) is 12.7 Å². The Labute approximate surface area is 154 Å². The number of nitro groups is 1. The third-order valence-electron chi connectivity index (χ3n) is 3.23. The molecule has 0 aliphatic rings. The summed E-state index contributed by atoms with van der Waals surface area (Å²) in [6.07, 6.45) is -1.29. The van der Waals surface area contributed by atoms with Gasteiger partial charge in [-0.2, -0.15) is 0 Å². The molecule has 8 nitrogen and oxygen atoms in total. The molecule has 0 saturated carbocycles. The molecule has 2 atom stereocenters. The van der Waals surface area contributed by atoms with E-state index in [0.717, 1.165) is 0 Å². The van der Waals surface area contributed by atoms with Gasteiger partial charge in [-0.1, -0.05) is 37.0 Å². The molecule has 25 heavy (non-hydrogen) atoms. The Morgan fingerprint density at radius 2 is 1.84 bits per heavy atom. The number of nitrogens with zero attached hydrogens (tertiary/aromatic N) is 1. The molecule has 0 aliphatic carbocycles. The van der Waals surface area contributed by atoms with Crippen LogP contribution >= 0.6 is 23.2 Å². The number of rotatable bonds is 8. The van der Waals surface area contributed by atoms with Crippen LogP contribution in [0, 0.1) is 16.0 Å². The van der Waals surface area contributed by atoms with Gasteiger partial charge in [-0.25, -0.2) is 0 Å². The maximum absolute atomic E-state index is 11.7. The van der Waals surface area contributed by atoms with Crippen molar-refractivity contribution in [3.63, 3.8) is 0 Å². The SMILES string of the molecule is CC(C)C(=O)OC[C@@H](NC(=O)C(Cl)Cl)[C@H](O)c1ccc([N+](=O)[O-])cc1. The number of non-ortho nitro benzene ring substituents is 1. The first-order chi connectivity index (χ1) is 11.6. The van der Waals surface area contributed by atoms with Crippen LogP contribution in [0.3, 0.4) is 0 Å².